The Morgan fingerprint density at radius 3 is 1.79 bits per heavy atom. The molecule has 2 N–H and O–H groups in total. The molecule has 0 aliphatic carbocycles. The Kier molecular flexibility index (Phi) is 4.18. The molecule has 0 spiro atoms. The highest BCUT2D eigenvalue weighted by atomic mass is 16.3. The zero-order chi connectivity index (χ0) is 13.7. The average Bonchev–Trinajstić information content (AvgIpc) is 2.42. The third-order valence-electron chi connectivity index (χ3n) is 3.20. The van der Waals surface area contributed by atoms with E-state index in [2.05, 4.69) is 0 Å². The summed E-state index contributed by atoms with van der Waals surface area (Å²) in [5, 5.41) is 19.9. The average molecular weight is 256 g/mol. The van der Waals surface area contributed by atoms with Gasteiger partial charge in [0.2, 0.25) is 0 Å². The molecule has 0 bridgehead atoms. The zero-order valence-electron chi connectivity index (χ0n) is 10.5. The zero-order valence-corrected chi connectivity index (χ0v) is 10.5. The summed E-state index contributed by atoms with van der Waals surface area (Å²) in [6, 6.07) is 14.0. The first-order chi connectivity index (χ1) is 9.24. The van der Waals surface area contributed by atoms with Crippen LogP contribution in [0.3, 0.4) is 0 Å². The minimum Gasteiger partial charge on any atom is -0.508 e. The molecule has 0 saturated heterocycles. The van der Waals surface area contributed by atoms with Crippen LogP contribution >= 0.6 is 0 Å². The van der Waals surface area contributed by atoms with Crippen LogP contribution in [0.4, 0.5) is 0 Å². The maximum atomic E-state index is 10.6. The maximum absolute atomic E-state index is 10.6. The van der Waals surface area contributed by atoms with E-state index < -0.39 is 0 Å². The highest BCUT2D eigenvalue weighted by Gasteiger charge is 2.19. The number of aldehydes is 1. The molecule has 2 aromatic rings. The molecule has 0 atom stereocenters. The Balaban J connectivity index is 2.45. The first-order valence-electron chi connectivity index (χ1n) is 6.23. The maximum Gasteiger partial charge on any atom is 0.120 e. The van der Waals surface area contributed by atoms with E-state index in [-0.39, 0.29) is 17.4 Å². The van der Waals surface area contributed by atoms with E-state index in [9.17, 15) is 15.0 Å². The molecule has 0 radical (unpaired) electrons. The molecular weight excluding hydrogens is 240 g/mol. The van der Waals surface area contributed by atoms with Gasteiger partial charge in [0.05, 0.1) is 0 Å². The van der Waals surface area contributed by atoms with Crippen molar-refractivity contribution in [2.45, 2.75) is 18.8 Å². The van der Waals surface area contributed by atoms with Gasteiger partial charge < -0.3 is 15.0 Å². The van der Waals surface area contributed by atoms with Gasteiger partial charge in [-0.25, -0.2) is 0 Å². The number of rotatable bonds is 5. The van der Waals surface area contributed by atoms with Gasteiger partial charge in [-0.05, 0) is 18.6 Å². The van der Waals surface area contributed by atoms with Gasteiger partial charge in [-0.2, -0.15) is 0 Å². The standard InChI is InChI=1S/C16H16O3/c17-11-5-8-12(13-6-1-3-9-15(13)18)14-7-2-4-10-16(14)19/h1-4,6-7,9-12,18-19H,5,8H2. The number of carbonyl (C=O) groups is 1. The molecular formula is C16H16O3. The summed E-state index contributed by atoms with van der Waals surface area (Å²) in [5.74, 6) is 0.177. The third kappa shape index (κ3) is 2.94. The summed E-state index contributed by atoms with van der Waals surface area (Å²) in [6.07, 6.45) is 1.79. The van der Waals surface area contributed by atoms with Crippen LogP contribution in [0.1, 0.15) is 29.9 Å². The Morgan fingerprint density at radius 2 is 1.37 bits per heavy atom. The van der Waals surface area contributed by atoms with Gasteiger partial charge in [0, 0.05) is 23.5 Å². The van der Waals surface area contributed by atoms with Crippen LogP contribution in [-0.4, -0.2) is 16.5 Å². The molecule has 2 rings (SSSR count). The normalized spacial score (nSPS) is 10.6. The summed E-state index contributed by atoms with van der Waals surface area (Å²) in [5.41, 5.74) is 1.46. The highest BCUT2D eigenvalue weighted by molar-refractivity contribution is 5.51. The second-order valence-electron chi connectivity index (χ2n) is 4.41. The Hall–Kier alpha value is -2.29. The smallest absolute Gasteiger partial charge is 0.120 e. The monoisotopic (exact) mass is 256 g/mol. The number of para-hydroxylation sites is 2. The van der Waals surface area contributed by atoms with Crippen LogP contribution in [0.2, 0.25) is 0 Å². The molecule has 0 saturated carbocycles. The minimum atomic E-state index is -0.187. The Morgan fingerprint density at radius 1 is 0.895 bits per heavy atom. The van der Waals surface area contributed by atoms with Gasteiger partial charge in [0.1, 0.15) is 17.8 Å². The van der Waals surface area contributed by atoms with Crippen LogP contribution in [0, 0.1) is 0 Å². The quantitative estimate of drug-likeness (QED) is 0.808. The lowest BCUT2D eigenvalue weighted by Gasteiger charge is -2.19. The summed E-state index contributed by atoms with van der Waals surface area (Å²) in [4.78, 5) is 10.6. The lowest BCUT2D eigenvalue weighted by molar-refractivity contribution is -0.107. The fraction of sp³-hybridized carbons (Fsp3) is 0.188. The molecule has 0 fully saturated rings. The number of phenolic OH excluding ortho intramolecular Hbond substituents is 2. The van der Waals surface area contributed by atoms with Gasteiger partial charge in [0.15, 0.2) is 0 Å². The van der Waals surface area contributed by atoms with E-state index in [0.29, 0.717) is 12.8 Å². The van der Waals surface area contributed by atoms with Gasteiger partial charge >= 0.3 is 0 Å². The molecule has 0 amide bonds. The molecule has 3 heteroatoms. The lowest BCUT2D eigenvalue weighted by Crippen LogP contribution is -2.02. The summed E-state index contributed by atoms with van der Waals surface area (Å²) in [6.45, 7) is 0. The first-order valence-corrected chi connectivity index (χ1v) is 6.23. The molecule has 0 aromatic heterocycles. The van der Waals surface area contributed by atoms with E-state index in [1.165, 1.54) is 0 Å². The van der Waals surface area contributed by atoms with Crippen LogP contribution < -0.4 is 0 Å². The minimum absolute atomic E-state index is 0.182. The summed E-state index contributed by atoms with van der Waals surface area (Å²) in [7, 11) is 0. The van der Waals surface area contributed by atoms with Crippen LogP contribution in [0.25, 0.3) is 0 Å². The molecule has 0 heterocycles. The topological polar surface area (TPSA) is 57.5 Å². The number of benzene rings is 2. The van der Waals surface area contributed by atoms with E-state index >= 15 is 0 Å². The molecule has 3 nitrogen and oxygen atoms in total. The number of phenols is 2. The van der Waals surface area contributed by atoms with Crippen molar-refractivity contribution in [2.75, 3.05) is 0 Å². The van der Waals surface area contributed by atoms with Crippen molar-refractivity contribution in [2.24, 2.45) is 0 Å². The largest absolute Gasteiger partial charge is 0.508 e. The van der Waals surface area contributed by atoms with Crippen molar-refractivity contribution < 1.29 is 15.0 Å². The van der Waals surface area contributed by atoms with Crippen molar-refractivity contribution in [3.8, 4) is 11.5 Å². The molecule has 98 valence electrons. The molecule has 19 heavy (non-hydrogen) atoms. The number of hydrogen-bond acceptors (Lipinski definition) is 3. The second kappa shape index (κ2) is 6.05. The van der Waals surface area contributed by atoms with Gasteiger partial charge in [-0.3, -0.25) is 0 Å². The van der Waals surface area contributed by atoms with E-state index in [1.54, 1.807) is 24.3 Å². The van der Waals surface area contributed by atoms with Gasteiger partial charge in [0.25, 0.3) is 0 Å². The fourth-order valence-electron chi connectivity index (χ4n) is 2.28. The van der Waals surface area contributed by atoms with Crippen molar-refractivity contribution in [1.82, 2.24) is 0 Å². The van der Waals surface area contributed by atoms with E-state index in [4.69, 9.17) is 0 Å². The summed E-state index contributed by atoms with van der Waals surface area (Å²) >= 11 is 0. The predicted octanol–water partition coefficient (Wildman–Crippen LogP) is 3.21. The second-order valence-corrected chi connectivity index (χ2v) is 4.41. The van der Waals surface area contributed by atoms with Crippen molar-refractivity contribution in [3.05, 3.63) is 59.7 Å². The van der Waals surface area contributed by atoms with Crippen LogP contribution in [-0.2, 0) is 4.79 Å². The first kappa shape index (κ1) is 13.1. The Bertz CT molecular complexity index is 518. The van der Waals surface area contributed by atoms with Gasteiger partial charge in [-0.15, -0.1) is 0 Å². The fourth-order valence-corrected chi connectivity index (χ4v) is 2.28. The van der Waals surface area contributed by atoms with Crippen molar-refractivity contribution in [1.29, 1.82) is 0 Å². The van der Waals surface area contributed by atoms with Crippen LogP contribution in [0.15, 0.2) is 48.5 Å². The van der Waals surface area contributed by atoms with Crippen molar-refractivity contribution in [3.63, 3.8) is 0 Å². The lowest BCUT2D eigenvalue weighted by atomic mass is 9.86. The molecule has 0 aliphatic heterocycles. The molecule has 2 aromatic carbocycles. The molecule has 0 unspecified atom stereocenters. The van der Waals surface area contributed by atoms with E-state index in [0.717, 1.165) is 17.4 Å². The van der Waals surface area contributed by atoms with Crippen LogP contribution in [0.5, 0.6) is 11.5 Å². The molecule has 0 aliphatic rings. The van der Waals surface area contributed by atoms with Crippen molar-refractivity contribution >= 4 is 6.29 Å². The summed E-state index contributed by atoms with van der Waals surface area (Å²) < 4.78 is 0. The number of hydrogen-bond donors (Lipinski definition) is 2. The third-order valence-corrected chi connectivity index (χ3v) is 3.20. The Labute approximate surface area is 112 Å². The predicted molar refractivity (Wildman–Crippen MR) is 73.4 cm³/mol. The SMILES string of the molecule is O=CCCC(c1ccccc1O)c1ccccc1O. The highest BCUT2D eigenvalue weighted by Crippen LogP contribution is 2.38. The van der Waals surface area contributed by atoms with Gasteiger partial charge in [-0.1, -0.05) is 36.4 Å². The number of aromatic hydroxyl groups is 2. The van der Waals surface area contributed by atoms with E-state index in [1.807, 2.05) is 24.3 Å². The number of carbonyl (C=O) groups excluding carboxylic acids is 1.